The minimum atomic E-state index is -0.784. The van der Waals surface area contributed by atoms with Crippen molar-refractivity contribution in [2.45, 2.75) is 37.9 Å². The second-order valence-corrected chi connectivity index (χ2v) is 11.6. The zero-order valence-electron chi connectivity index (χ0n) is 22.6. The molecule has 0 radical (unpaired) electrons. The molecule has 0 aliphatic carbocycles. The summed E-state index contributed by atoms with van der Waals surface area (Å²) in [7, 11) is 0. The summed E-state index contributed by atoms with van der Waals surface area (Å²) in [5, 5.41) is 10.4. The van der Waals surface area contributed by atoms with E-state index in [0.717, 1.165) is 69.9 Å². The van der Waals surface area contributed by atoms with E-state index in [1.807, 2.05) is 24.3 Å². The quantitative estimate of drug-likeness (QED) is 0.376. The first-order valence-corrected chi connectivity index (χ1v) is 14.6. The van der Waals surface area contributed by atoms with Crippen molar-refractivity contribution in [2.75, 3.05) is 50.8 Å². The van der Waals surface area contributed by atoms with Crippen molar-refractivity contribution in [2.24, 2.45) is 0 Å². The van der Waals surface area contributed by atoms with Crippen LogP contribution in [0.25, 0.3) is 11.3 Å². The summed E-state index contributed by atoms with van der Waals surface area (Å²) < 4.78 is 11.5. The number of aliphatic carboxylic acids is 1. The van der Waals surface area contributed by atoms with Crippen LogP contribution in [0, 0.1) is 0 Å². The summed E-state index contributed by atoms with van der Waals surface area (Å²) in [6, 6.07) is 9.68. The van der Waals surface area contributed by atoms with E-state index in [1.54, 1.807) is 18.5 Å². The van der Waals surface area contributed by atoms with Crippen LogP contribution in [-0.2, 0) is 16.1 Å². The third kappa shape index (κ3) is 6.90. The molecule has 0 bridgehead atoms. The van der Waals surface area contributed by atoms with Crippen LogP contribution in [0.4, 0.5) is 5.95 Å². The Balaban J connectivity index is 1.20. The van der Waals surface area contributed by atoms with Crippen molar-refractivity contribution in [1.29, 1.82) is 0 Å². The van der Waals surface area contributed by atoms with Gasteiger partial charge in [-0.3, -0.25) is 14.6 Å². The van der Waals surface area contributed by atoms with Crippen molar-refractivity contribution in [3.8, 4) is 22.9 Å². The highest BCUT2D eigenvalue weighted by atomic mass is 35.5. The molecule has 0 amide bonds. The lowest BCUT2D eigenvalue weighted by Crippen LogP contribution is -2.56. The number of carboxylic acids is 1. The van der Waals surface area contributed by atoms with E-state index in [0.29, 0.717) is 45.9 Å². The van der Waals surface area contributed by atoms with Gasteiger partial charge in [0.2, 0.25) is 11.8 Å². The minimum Gasteiger partial charge on any atom is -0.481 e. The Kier molecular flexibility index (Phi) is 8.55. The molecule has 3 aromatic rings. The number of nitrogens with zero attached hydrogens (tertiary/aromatic N) is 6. The Morgan fingerprint density at radius 1 is 1.00 bits per heavy atom. The highest BCUT2D eigenvalue weighted by molar-refractivity contribution is 6.35. The topological polar surface area (TPSA) is 104 Å². The van der Waals surface area contributed by atoms with Crippen LogP contribution in [-0.4, -0.2) is 93.8 Å². The lowest BCUT2D eigenvalue weighted by atomic mass is 10.1. The van der Waals surface area contributed by atoms with Crippen LogP contribution in [0.2, 0.25) is 10.0 Å². The van der Waals surface area contributed by atoms with E-state index in [2.05, 4.69) is 24.7 Å². The summed E-state index contributed by atoms with van der Waals surface area (Å²) in [5.74, 6) is 0.753. The number of carbonyl (C=O) groups is 1. The number of ether oxygens (including phenoxy) is 2. The normalized spacial score (nSPS) is 20.2. The van der Waals surface area contributed by atoms with Gasteiger partial charge in [0.05, 0.1) is 43.8 Å². The molecule has 1 aromatic carbocycles. The Bertz CT molecular complexity index is 1360. The Labute approximate surface area is 248 Å². The lowest BCUT2D eigenvalue weighted by molar-refractivity contribution is -0.138. The first kappa shape index (κ1) is 28.1. The maximum absolute atomic E-state index is 11.4. The van der Waals surface area contributed by atoms with Crippen LogP contribution < -0.4 is 9.64 Å². The van der Waals surface area contributed by atoms with E-state index in [-0.39, 0.29) is 12.5 Å². The zero-order chi connectivity index (χ0) is 28.3. The molecule has 1 atom stereocenters. The molecule has 1 unspecified atom stereocenters. The molecule has 2 aromatic heterocycles. The number of rotatable bonds is 9. The third-order valence-corrected chi connectivity index (χ3v) is 8.32. The van der Waals surface area contributed by atoms with Gasteiger partial charge in [0.25, 0.3) is 0 Å². The van der Waals surface area contributed by atoms with Crippen molar-refractivity contribution in [1.82, 2.24) is 24.8 Å². The molecule has 12 heteroatoms. The van der Waals surface area contributed by atoms with Gasteiger partial charge in [0, 0.05) is 60.4 Å². The Hall–Kier alpha value is -3.02. The molecule has 5 heterocycles. The van der Waals surface area contributed by atoms with Crippen molar-refractivity contribution < 1.29 is 19.4 Å². The number of piperazine rings is 1. The van der Waals surface area contributed by atoms with Crippen molar-refractivity contribution in [3.05, 3.63) is 58.3 Å². The van der Waals surface area contributed by atoms with E-state index in [1.165, 1.54) is 0 Å². The monoisotopic (exact) mass is 598 g/mol. The Morgan fingerprint density at radius 2 is 1.73 bits per heavy atom. The number of halogens is 2. The van der Waals surface area contributed by atoms with Crippen LogP contribution >= 0.6 is 23.2 Å². The van der Waals surface area contributed by atoms with E-state index in [4.69, 9.17) is 37.7 Å². The molecule has 3 aliphatic rings. The maximum Gasteiger partial charge on any atom is 0.304 e. The van der Waals surface area contributed by atoms with Gasteiger partial charge in [-0.2, -0.15) is 0 Å². The molecular weight excluding hydrogens is 567 g/mol. The van der Waals surface area contributed by atoms with Gasteiger partial charge < -0.3 is 19.5 Å². The molecular formula is C29H32Cl2N6O4. The number of benzene rings is 1. The zero-order valence-corrected chi connectivity index (χ0v) is 24.1. The third-order valence-electron chi connectivity index (χ3n) is 7.89. The predicted molar refractivity (Wildman–Crippen MR) is 156 cm³/mol. The van der Waals surface area contributed by atoms with Gasteiger partial charge in [0.15, 0.2) is 5.75 Å². The summed E-state index contributed by atoms with van der Waals surface area (Å²) in [5.41, 5.74) is 2.37. The number of pyridine rings is 1. The summed E-state index contributed by atoms with van der Waals surface area (Å²) >= 11 is 12.6. The fourth-order valence-electron chi connectivity index (χ4n) is 5.69. The number of carboxylic acid groups (broad SMARTS) is 1. The van der Waals surface area contributed by atoms with Crippen LogP contribution in [0.3, 0.4) is 0 Å². The second-order valence-electron chi connectivity index (χ2n) is 10.8. The minimum absolute atomic E-state index is 0.000961. The van der Waals surface area contributed by atoms with Crippen LogP contribution in [0.5, 0.6) is 11.6 Å². The molecule has 1 N–H and O–H groups in total. The molecule has 3 saturated heterocycles. The van der Waals surface area contributed by atoms with Crippen LogP contribution in [0.1, 0.15) is 24.8 Å². The van der Waals surface area contributed by atoms with Crippen molar-refractivity contribution >= 4 is 35.1 Å². The second kappa shape index (κ2) is 12.5. The highest BCUT2D eigenvalue weighted by Crippen LogP contribution is 2.31. The fraction of sp³-hybridized carbons (Fsp3) is 0.448. The SMILES string of the molecule is O=C(O)CC1CCCN1Cc1cc(Oc2cnc(N3CCN(C4COC4)CC3)nc2)nc(-c2cc(Cl)cc(Cl)c2)c1. The average Bonchev–Trinajstić information content (AvgIpc) is 3.33. The number of anilines is 1. The lowest BCUT2D eigenvalue weighted by Gasteiger charge is -2.42. The average molecular weight is 600 g/mol. The molecule has 3 fully saturated rings. The van der Waals surface area contributed by atoms with Gasteiger partial charge in [-0.25, -0.2) is 15.0 Å². The van der Waals surface area contributed by atoms with Crippen LogP contribution in [0.15, 0.2) is 42.7 Å². The van der Waals surface area contributed by atoms with E-state index < -0.39 is 5.97 Å². The van der Waals surface area contributed by atoms with Gasteiger partial charge in [0.1, 0.15) is 0 Å². The van der Waals surface area contributed by atoms with Gasteiger partial charge in [-0.15, -0.1) is 0 Å². The molecule has 0 spiro atoms. The first-order chi connectivity index (χ1) is 19.9. The van der Waals surface area contributed by atoms with E-state index >= 15 is 0 Å². The predicted octanol–water partition coefficient (Wildman–Crippen LogP) is 4.60. The highest BCUT2D eigenvalue weighted by Gasteiger charge is 2.30. The number of hydrogen-bond donors (Lipinski definition) is 1. The van der Waals surface area contributed by atoms with E-state index in [9.17, 15) is 9.90 Å². The standard InChI is InChI=1S/C29H32Cl2N6O4/c30-21-10-20(11-22(31)12-21)26-8-19(16-37-3-1-2-23(37)13-28(38)39)9-27(34-26)41-25-14-32-29(33-15-25)36-6-4-35(5-7-36)24-17-40-18-24/h8-12,14-15,23-24H,1-7,13,16-18H2,(H,38,39). The van der Waals surface area contributed by atoms with Gasteiger partial charge >= 0.3 is 5.97 Å². The molecule has 10 nitrogen and oxygen atoms in total. The summed E-state index contributed by atoms with van der Waals surface area (Å²) in [4.78, 5) is 32.1. The maximum atomic E-state index is 11.4. The smallest absolute Gasteiger partial charge is 0.304 e. The van der Waals surface area contributed by atoms with Crippen molar-refractivity contribution in [3.63, 3.8) is 0 Å². The molecule has 0 saturated carbocycles. The number of likely N-dealkylation sites (tertiary alicyclic amines) is 1. The Morgan fingerprint density at radius 3 is 2.39 bits per heavy atom. The molecule has 41 heavy (non-hydrogen) atoms. The number of hydrogen-bond acceptors (Lipinski definition) is 9. The molecule has 216 valence electrons. The summed E-state index contributed by atoms with van der Waals surface area (Å²) in [6.07, 6.45) is 5.30. The molecule has 6 rings (SSSR count). The summed E-state index contributed by atoms with van der Waals surface area (Å²) in [6.45, 7) is 6.73. The molecule has 3 aliphatic heterocycles. The first-order valence-electron chi connectivity index (χ1n) is 13.9. The van der Waals surface area contributed by atoms with Gasteiger partial charge in [-0.1, -0.05) is 23.2 Å². The number of aromatic nitrogens is 3. The largest absolute Gasteiger partial charge is 0.481 e. The fourth-order valence-corrected chi connectivity index (χ4v) is 6.22. The van der Waals surface area contributed by atoms with Gasteiger partial charge in [-0.05, 0) is 49.2 Å².